The molecule has 2 nitrogen and oxygen atoms in total. The van der Waals surface area contributed by atoms with Crippen LogP contribution >= 0.6 is 0 Å². The second-order valence-corrected chi connectivity index (χ2v) is 7.90. The minimum Gasteiger partial charge on any atom is -0.300 e. The molecule has 0 aromatic heterocycles. The van der Waals surface area contributed by atoms with Crippen molar-refractivity contribution in [1.29, 1.82) is 0 Å². The lowest BCUT2D eigenvalue weighted by molar-refractivity contribution is 0.187. The molecule has 0 aromatic carbocycles. The van der Waals surface area contributed by atoms with Crippen molar-refractivity contribution >= 4 is 0 Å². The predicted octanol–water partition coefficient (Wildman–Crippen LogP) is 3.62. The second-order valence-electron chi connectivity index (χ2n) is 7.90. The van der Waals surface area contributed by atoms with Crippen LogP contribution in [0.3, 0.4) is 0 Å². The average Bonchev–Trinajstić information content (AvgIpc) is 2.94. The lowest BCUT2D eigenvalue weighted by Gasteiger charge is -2.30. The van der Waals surface area contributed by atoms with Crippen LogP contribution in [0, 0.1) is 11.3 Å². The topological polar surface area (TPSA) is 6.48 Å². The van der Waals surface area contributed by atoms with Gasteiger partial charge in [0.1, 0.15) is 0 Å². The van der Waals surface area contributed by atoms with Crippen LogP contribution in [0.25, 0.3) is 0 Å². The molecule has 0 aliphatic carbocycles. The van der Waals surface area contributed by atoms with Crippen molar-refractivity contribution in [2.75, 3.05) is 26.2 Å². The molecule has 2 aliphatic rings. The minimum absolute atomic E-state index is 0.573. The van der Waals surface area contributed by atoms with Gasteiger partial charge in [-0.1, -0.05) is 13.8 Å². The monoisotopic (exact) mass is 266 g/mol. The highest BCUT2D eigenvalue weighted by atomic mass is 15.2. The smallest absolute Gasteiger partial charge is 0.00672 e. The van der Waals surface area contributed by atoms with Gasteiger partial charge in [-0.2, -0.15) is 0 Å². The van der Waals surface area contributed by atoms with Gasteiger partial charge < -0.3 is 9.80 Å². The first-order valence-corrected chi connectivity index (χ1v) is 8.38. The molecule has 0 N–H and O–H groups in total. The maximum absolute atomic E-state index is 2.71. The number of hydrogen-bond acceptors (Lipinski definition) is 2. The lowest BCUT2D eigenvalue weighted by Crippen LogP contribution is -2.34. The van der Waals surface area contributed by atoms with Crippen molar-refractivity contribution in [3.63, 3.8) is 0 Å². The van der Waals surface area contributed by atoms with Gasteiger partial charge in [-0.3, -0.25) is 0 Å². The Bertz CT molecular complexity index is 289. The van der Waals surface area contributed by atoms with E-state index < -0.39 is 0 Å². The normalized spacial score (nSPS) is 35.4. The van der Waals surface area contributed by atoms with Gasteiger partial charge in [-0.15, -0.1) is 0 Å². The van der Waals surface area contributed by atoms with E-state index in [4.69, 9.17) is 0 Å². The fraction of sp³-hybridized carbons (Fsp3) is 1.00. The molecule has 2 saturated heterocycles. The Morgan fingerprint density at radius 2 is 1.89 bits per heavy atom. The Labute approximate surface area is 120 Å². The molecule has 2 unspecified atom stereocenters. The Balaban J connectivity index is 1.76. The van der Waals surface area contributed by atoms with Crippen LogP contribution in [0.1, 0.15) is 60.3 Å². The summed E-state index contributed by atoms with van der Waals surface area (Å²) in [6, 6.07) is 1.51. The minimum atomic E-state index is 0.573. The SMILES string of the molecule is CC(C)N1CCC(C)(CCC(C)N2CC[C@H](C)C2)C1. The van der Waals surface area contributed by atoms with Crippen LogP contribution in [-0.4, -0.2) is 48.1 Å². The Kier molecular flexibility index (Phi) is 4.94. The van der Waals surface area contributed by atoms with Gasteiger partial charge in [0, 0.05) is 25.2 Å². The van der Waals surface area contributed by atoms with E-state index >= 15 is 0 Å². The zero-order chi connectivity index (χ0) is 14.0. The molecular weight excluding hydrogens is 232 g/mol. The molecule has 0 radical (unpaired) electrons. The maximum Gasteiger partial charge on any atom is 0.00672 e. The van der Waals surface area contributed by atoms with Gasteiger partial charge in [0.15, 0.2) is 0 Å². The summed E-state index contributed by atoms with van der Waals surface area (Å²) in [6.07, 6.45) is 5.59. The molecule has 0 amide bonds. The highest BCUT2D eigenvalue weighted by molar-refractivity contribution is 4.89. The van der Waals surface area contributed by atoms with E-state index in [1.54, 1.807) is 0 Å². The van der Waals surface area contributed by atoms with E-state index in [1.165, 1.54) is 51.9 Å². The zero-order valence-corrected chi connectivity index (χ0v) is 13.8. The number of rotatable bonds is 5. The van der Waals surface area contributed by atoms with Crippen molar-refractivity contribution in [2.45, 2.75) is 72.4 Å². The van der Waals surface area contributed by atoms with E-state index in [-0.39, 0.29) is 0 Å². The van der Waals surface area contributed by atoms with Crippen molar-refractivity contribution in [3.8, 4) is 0 Å². The first-order chi connectivity index (χ1) is 8.89. The zero-order valence-electron chi connectivity index (χ0n) is 13.8. The first-order valence-electron chi connectivity index (χ1n) is 8.38. The van der Waals surface area contributed by atoms with Gasteiger partial charge in [0.05, 0.1) is 0 Å². The first kappa shape index (κ1) is 15.3. The van der Waals surface area contributed by atoms with Gasteiger partial charge in [-0.25, -0.2) is 0 Å². The maximum atomic E-state index is 2.71. The fourth-order valence-electron chi connectivity index (χ4n) is 3.82. The standard InChI is InChI=1S/C17H34N2/c1-14(2)19-11-9-17(5,13-19)8-6-16(4)18-10-7-15(3)12-18/h14-16H,6-13H2,1-5H3/t15-,16?,17?/m0/s1. The molecule has 0 spiro atoms. The number of nitrogens with zero attached hydrogens (tertiary/aromatic N) is 2. The van der Waals surface area contributed by atoms with Gasteiger partial charge in [-0.05, 0) is 70.9 Å². The van der Waals surface area contributed by atoms with Crippen molar-refractivity contribution in [2.24, 2.45) is 11.3 Å². The van der Waals surface area contributed by atoms with Crippen LogP contribution in [0.2, 0.25) is 0 Å². The Hall–Kier alpha value is -0.0800. The summed E-state index contributed by atoms with van der Waals surface area (Å²) in [5.74, 6) is 0.918. The van der Waals surface area contributed by atoms with Crippen molar-refractivity contribution in [3.05, 3.63) is 0 Å². The van der Waals surface area contributed by atoms with Crippen molar-refractivity contribution in [1.82, 2.24) is 9.80 Å². The van der Waals surface area contributed by atoms with E-state index in [0.717, 1.165) is 18.0 Å². The summed E-state index contributed by atoms with van der Waals surface area (Å²) in [5, 5.41) is 0. The summed E-state index contributed by atoms with van der Waals surface area (Å²) in [6.45, 7) is 17.3. The summed E-state index contributed by atoms with van der Waals surface area (Å²) >= 11 is 0. The third kappa shape index (κ3) is 3.95. The molecule has 2 heteroatoms. The second kappa shape index (κ2) is 6.13. The molecular formula is C17H34N2. The number of likely N-dealkylation sites (tertiary alicyclic amines) is 2. The molecule has 2 fully saturated rings. The molecule has 0 aromatic rings. The molecule has 0 bridgehead atoms. The highest BCUT2D eigenvalue weighted by Crippen LogP contribution is 2.36. The average molecular weight is 266 g/mol. The number of hydrogen-bond donors (Lipinski definition) is 0. The molecule has 112 valence electrons. The van der Waals surface area contributed by atoms with Crippen LogP contribution in [0.15, 0.2) is 0 Å². The lowest BCUT2D eigenvalue weighted by atomic mass is 9.83. The third-order valence-electron chi connectivity index (χ3n) is 5.56. The van der Waals surface area contributed by atoms with Crippen LogP contribution in [-0.2, 0) is 0 Å². The third-order valence-corrected chi connectivity index (χ3v) is 5.56. The predicted molar refractivity (Wildman–Crippen MR) is 83.5 cm³/mol. The molecule has 2 heterocycles. The Morgan fingerprint density at radius 3 is 2.42 bits per heavy atom. The van der Waals surface area contributed by atoms with Gasteiger partial charge >= 0.3 is 0 Å². The van der Waals surface area contributed by atoms with Gasteiger partial charge in [0.25, 0.3) is 0 Å². The molecule has 2 rings (SSSR count). The summed E-state index contributed by atoms with van der Waals surface area (Å²) in [7, 11) is 0. The van der Waals surface area contributed by atoms with E-state index in [9.17, 15) is 0 Å². The van der Waals surface area contributed by atoms with Gasteiger partial charge in [0.2, 0.25) is 0 Å². The quantitative estimate of drug-likeness (QED) is 0.750. The highest BCUT2D eigenvalue weighted by Gasteiger charge is 2.35. The summed E-state index contributed by atoms with van der Waals surface area (Å²) in [4.78, 5) is 5.37. The largest absolute Gasteiger partial charge is 0.300 e. The van der Waals surface area contributed by atoms with Crippen LogP contribution < -0.4 is 0 Å². The van der Waals surface area contributed by atoms with Crippen molar-refractivity contribution < 1.29 is 0 Å². The molecule has 19 heavy (non-hydrogen) atoms. The van der Waals surface area contributed by atoms with Crippen LogP contribution in [0.4, 0.5) is 0 Å². The fourth-order valence-corrected chi connectivity index (χ4v) is 3.82. The Morgan fingerprint density at radius 1 is 1.16 bits per heavy atom. The molecule has 2 aliphatic heterocycles. The van der Waals surface area contributed by atoms with E-state index in [1.807, 2.05) is 0 Å². The van der Waals surface area contributed by atoms with Crippen LogP contribution in [0.5, 0.6) is 0 Å². The molecule has 0 saturated carbocycles. The van der Waals surface area contributed by atoms with E-state index in [2.05, 4.69) is 44.4 Å². The van der Waals surface area contributed by atoms with E-state index in [0.29, 0.717) is 5.41 Å². The molecule has 3 atom stereocenters. The summed E-state index contributed by atoms with van der Waals surface area (Å²) < 4.78 is 0. The summed E-state index contributed by atoms with van der Waals surface area (Å²) in [5.41, 5.74) is 0.573.